The second kappa shape index (κ2) is 12.5. The summed E-state index contributed by atoms with van der Waals surface area (Å²) in [5, 5.41) is 5.27. The highest BCUT2D eigenvalue weighted by Gasteiger charge is 2.24. The van der Waals surface area contributed by atoms with Gasteiger partial charge in [0.15, 0.2) is 17.5 Å². The van der Waals surface area contributed by atoms with Gasteiger partial charge in [-0.1, -0.05) is 140 Å². The number of hydrogen-bond donors (Lipinski definition) is 0. The quantitative estimate of drug-likeness (QED) is 0.174. The molecule has 0 radical (unpaired) electrons. The maximum Gasteiger partial charge on any atom is 0.238 e. The maximum absolute atomic E-state index is 6.87. The van der Waals surface area contributed by atoms with Crippen molar-refractivity contribution in [3.8, 4) is 51.4 Å². The summed E-state index contributed by atoms with van der Waals surface area (Å²) in [6.07, 6.45) is 0. The van der Waals surface area contributed by atoms with Crippen LogP contribution in [0.15, 0.2) is 174 Å². The van der Waals surface area contributed by atoms with E-state index in [-0.39, 0.29) is 0 Å². The molecule has 0 aliphatic rings. The second-order valence-corrected chi connectivity index (χ2v) is 15.1. The first-order valence-electron chi connectivity index (χ1n) is 18.8. The zero-order chi connectivity index (χ0) is 37.5. The lowest BCUT2D eigenvalue weighted by atomic mass is 10.0. The third kappa shape index (κ3) is 4.94. The fourth-order valence-electron chi connectivity index (χ4n) is 8.15. The van der Waals surface area contributed by atoms with Crippen LogP contribution in [0.2, 0.25) is 0 Å². The molecule has 0 spiro atoms. The molecular formula is C49H28N6OS. The Balaban J connectivity index is 1.12. The number of benzene rings is 7. The summed E-state index contributed by atoms with van der Waals surface area (Å²) in [5.74, 6) is 2.36. The fourth-order valence-corrected chi connectivity index (χ4v) is 9.30. The standard InChI is InChI=1S/C49H28N6OS/c1-3-15-29(16-4-1)46-50-42-33-21-9-12-28-40(33)57-45(42)43(51-46)36-24-13-22-34-41-35(23-14-27-39(41)56-44(34)36)48-52-47(30-17-5-2-6-18-30)53-49(54-48)55-37-25-10-7-19-31(37)32-20-8-11-26-38(32)55/h1-28H. The van der Waals surface area contributed by atoms with E-state index in [4.69, 9.17) is 29.3 Å². The predicted molar refractivity (Wildman–Crippen MR) is 232 cm³/mol. The molecule has 12 aromatic rings. The van der Waals surface area contributed by atoms with Crippen LogP contribution >= 0.6 is 11.3 Å². The fraction of sp³-hybridized carbons (Fsp3) is 0. The highest BCUT2D eigenvalue weighted by molar-refractivity contribution is 7.26. The maximum atomic E-state index is 6.87. The molecule has 0 aliphatic carbocycles. The van der Waals surface area contributed by atoms with Crippen molar-refractivity contribution in [3.63, 3.8) is 0 Å². The Morgan fingerprint density at radius 2 is 1.02 bits per heavy atom. The zero-order valence-corrected chi connectivity index (χ0v) is 31.0. The van der Waals surface area contributed by atoms with Gasteiger partial charge in [-0.25, -0.2) is 15.0 Å². The van der Waals surface area contributed by atoms with Gasteiger partial charge in [0.25, 0.3) is 0 Å². The van der Waals surface area contributed by atoms with Crippen molar-refractivity contribution in [2.45, 2.75) is 0 Å². The Hall–Kier alpha value is -7.55. The minimum Gasteiger partial charge on any atom is -0.455 e. The van der Waals surface area contributed by atoms with E-state index in [1.807, 2.05) is 60.7 Å². The van der Waals surface area contributed by atoms with Crippen molar-refractivity contribution in [1.82, 2.24) is 29.5 Å². The van der Waals surface area contributed by atoms with E-state index >= 15 is 0 Å². The van der Waals surface area contributed by atoms with E-state index in [0.717, 1.165) is 92.0 Å². The lowest BCUT2D eigenvalue weighted by Gasteiger charge is -2.11. The summed E-state index contributed by atoms with van der Waals surface area (Å²) >= 11 is 1.71. The van der Waals surface area contributed by atoms with Crippen molar-refractivity contribution in [2.24, 2.45) is 0 Å². The molecule has 8 heteroatoms. The Morgan fingerprint density at radius 1 is 0.439 bits per heavy atom. The summed E-state index contributed by atoms with van der Waals surface area (Å²) in [7, 11) is 0. The number of nitrogens with zero attached hydrogens (tertiary/aromatic N) is 6. The van der Waals surface area contributed by atoms with Crippen LogP contribution < -0.4 is 0 Å². The van der Waals surface area contributed by atoms with Crippen molar-refractivity contribution in [3.05, 3.63) is 170 Å². The van der Waals surface area contributed by atoms with E-state index in [1.165, 1.54) is 0 Å². The molecule has 7 nitrogen and oxygen atoms in total. The van der Waals surface area contributed by atoms with E-state index in [1.54, 1.807) is 11.3 Å². The van der Waals surface area contributed by atoms with Crippen molar-refractivity contribution >= 4 is 75.4 Å². The monoisotopic (exact) mass is 748 g/mol. The van der Waals surface area contributed by atoms with Gasteiger partial charge in [-0.05, 0) is 30.3 Å². The molecular weight excluding hydrogens is 721 g/mol. The molecule has 5 heterocycles. The summed E-state index contributed by atoms with van der Waals surface area (Å²) in [4.78, 5) is 26.0. The number of hydrogen-bond acceptors (Lipinski definition) is 7. The van der Waals surface area contributed by atoms with Crippen LogP contribution in [0.25, 0.3) is 115 Å². The lowest BCUT2D eigenvalue weighted by molar-refractivity contribution is 0.670. The molecule has 57 heavy (non-hydrogen) atoms. The molecule has 0 atom stereocenters. The SMILES string of the molecule is c1ccc(-c2nc(-c3cccc4oc5c(-c6nc(-c7ccccc7)nc7c6sc6ccccc67)cccc5c34)nc(-n3c4ccccc4c4ccccc43)n2)cc1. The summed E-state index contributed by atoms with van der Waals surface area (Å²) in [5.41, 5.74) is 8.92. The van der Waals surface area contributed by atoms with Crippen LogP contribution in [0, 0.1) is 0 Å². The lowest BCUT2D eigenvalue weighted by Crippen LogP contribution is -2.06. The zero-order valence-electron chi connectivity index (χ0n) is 30.2. The molecule has 7 aromatic carbocycles. The first-order valence-corrected chi connectivity index (χ1v) is 19.6. The number of para-hydroxylation sites is 3. The van der Waals surface area contributed by atoms with E-state index in [2.05, 4.69) is 114 Å². The van der Waals surface area contributed by atoms with Gasteiger partial charge in [0, 0.05) is 53.9 Å². The third-order valence-electron chi connectivity index (χ3n) is 10.7. The summed E-state index contributed by atoms with van der Waals surface area (Å²) in [6.45, 7) is 0. The topological polar surface area (TPSA) is 82.5 Å². The number of rotatable bonds is 5. The average Bonchev–Trinajstić information content (AvgIpc) is 3.96. The molecule has 0 amide bonds. The predicted octanol–water partition coefficient (Wildman–Crippen LogP) is 12.7. The van der Waals surface area contributed by atoms with Crippen LogP contribution in [0.4, 0.5) is 0 Å². The van der Waals surface area contributed by atoms with Gasteiger partial charge >= 0.3 is 0 Å². The smallest absolute Gasteiger partial charge is 0.238 e. The highest BCUT2D eigenvalue weighted by atomic mass is 32.1. The highest BCUT2D eigenvalue weighted by Crippen LogP contribution is 2.44. The number of fused-ring (bicyclic) bond motifs is 9. The Bertz CT molecular complexity index is 3480. The van der Waals surface area contributed by atoms with Gasteiger partial charge in [0.1, 0.15) is 11.2 Å². The second-order valence-electron chi connectivity index (χ2n) is 14.0. The largest absolute Gasteiger partial charge is 0.455 e. The molecule has 0 fully saturated rings. The van der Waals surface area contributed by atoms with Crippen molar-refractivity contribution < 1.29 is 4.42 Å². The van der Waals surface area contributed by atoms with E-state index < -0.39 is 0 Å². The molecule has 0 aliphatic heterocycles. The Kier molecular flexibility index (Phi) is 6.96. The summed E-state index contributed by atoms with van der Waals surface area (Å²) < 4.78 is 11.2. The van der Waals surface area contributed by atoms with Gasteiger partial charge < -0.3 is 4.42 Å². The minimum absolute atomic E-state index is 0.545. The van der Waals surface area contributed by atoms with Gasteiger partial charge in [0.05, 0.1) is 26.9 Å². The molecule has 0 unspecified atom stereocenters. The third-order valence-corrected chi connectivity index (χ3v) is 11.9. The molecule has 0 saturated carbocycles. The minimum atomic E-state index is 0.545. The molecule has 266 valence electrons. The average molecular weight is 749 g/mol. The van der Waals surface area contributed by atoms with Crippen molar-refractivity contribution in [1.29, 1.82) is 0 Å². The molecule has 0 saturated heterocycles. The van der Waals surface area contributed by atoms with Gasteiger partial charge in [-0.2, -0.15) is 9.97 Å². The summed E-state index contributed by atoms with van der Waals surface area (Å²) in [6, 6.07) is 57.9. The van der Waals surface area contributed by atoms with Crippen LogP contribution in [0.3, 0.4) is 0 Å². The number of furan rings is 1. The molecule has 0 bridgehead atoms. The van der Waals surface area contributed by atoms with Gasteiger partial charge in [-0.3, -0.25) is 4.57 Å². The van der Waals surface area contributed by atoms with Gasteiger partial charge in [0.2, 0.25) is 5.95 Å². The van der Waals surface area contributed by atoms with Crippen LogP contribution in [-0.4, -0.2) is 29.5 Å². The Morgan fingerprint density at radius 3 is 1.75 bits per heavy atom. The first-order chi connectivity index (χ1) is 28.3. The van der Waals surface area contributed by atoms with E-state index in [9.17, 15) is 0 Å². The van der Waals surface area contributed by atoms with Crippen LogP contribution in [-0.2, 0) is 0 Å². The van der Waals surface area contributed by atoms with Crippen LogP contribution in [0.5, 0.6) is 0 Å². The molecule has 12 rings (SSSR count). The Labute approximate surface area is 329 Å². The van der Waals surface area contributed by atoms with E-state index in [0.29, 0.717) is 23.4 Å². The first kappa shape index (κ1) is 31.8. The van der Waals surface area contributed by atoms with Crippen molar-refractivity contribution in [2.75, 3.05) is 0 Å². The number of thiophene rings is 1. The van der Waals surface area contributed by atoms with Gasteiger partial charge in [-0.15, -0.1) is 11.3 Å². The normalized spacial score (nSPS) is 11.9. The molecule has 5 aromatic heterocycles. The van der Waals surface area contributed by atoms with Crippen LogP contribution in [0.1, 0.15) is 0 Å². The molecule has 0 N–H and O–H groups in total. The number of aromatic nitrogens is 6.